The highest BCUT2D eigenvalue weighted by Crippen LogP contribution is 2.23. The molecular formula is C14H12INO4. The van der Waals surface area contributed by atoms with Crippen LogP contribution in [0.25, 0.3) is 0 Å². The maximum atomic E-state index is 10.7. The van der Waals surface area contributed by atoms with Crippen LogP contribution in [0.15, 0.2) is 42.5 Å². The van der Waals surface area contributed by atoms with Crippen LogP contribution in [0.1, 0.15) is 11.1 Å². The van der Waals surface area contributed by atoms with Crippen molar-refractivity contribution in [2.24, 2.45) is 0 Å². The molecule has 2 rings (SSSR count). The average Bonchev–Trinajstić information content (AvgIpc) is 2.46. The summed E-state index contributed by atoms with van der Waals surface area (Å²) in [7, 11) is 0. The minimum atomic E-state index is -0.427. The lowest BCUT2D eigenvalue weighted by molar-refractivity contribution is -0.384. The van der Waals surface area contributed by atoms with Crippen molar-refractivity contribution < 1.29 is 14.8 Å². The Kier molecular flexibility index (Phi) is 4.91. The number of nitrogens with zero attached hydrogens (tertiary/aromatic N) is 1. The smallest absolute Gasteiger partial charge is 0.269 e. The average molecular weight is 385 g/mol. The lowest BCUT2D eigenvalue weighted by Gasteiger charge is -2.09. The first-order chi connectivity index (χ1) is 9.60. The third-order valence-corrected chi connectivity index (χ3v) is 3.54. The predicted molar refractivity (Wildman–Crippen MR) is 82.5 cm³/mol. The van der Waals surface area contributed by atoms with Crippen molar-refractivity contribution in [3.63, 3.8) is 0 Å². The van der Waals surface area contributed by atoms with E-state index in [2.05, 4.69) is 22.6 Å². The minimum Gasteiger partial charge on any atom is -0.488 e. The van der Waals surface area contributed by atoms with E-state index in [1.165, 1.54) is 12.1 Å². The van der Waals surface area contributed by atoms with E-state index in [-0.39, 0.29) is 18.9 Å². The Hall–Kier alpha value is -1.67. The second kappa shape index (κ2) is 6.67. The van der Waals surface area contributed by atoms with Crippen molar-refractivity contribution in [3.8, 4) is 5.75 Å². The van der Waals surface area contributed by atoms with Crippen LogP contribution in [-0.4, -0.2) is 10.0 Å². The number of ether oxygens (including phenoxy) is 1. The van der Waals surface area contributed by atoms with E-state index in [9.17, 15) is 10.1 Å². The van der Waals surface area contributed by atoms with Gasteiger partial charge in [0.15, 0.2) is 0 Å². The summed E-state index contributed by atoms with van der Waals surface area (Å²) in [6, 6.07) is 11.8. The highest BCUT2D eigenvalue weighted by atomic mass is 127. The van der Waals surface area contributed by atoms with Gasteiger partial charge in [0.05, 0.1) is 15.1 Å². The van der Waals surface area contributed by atoms with E-state index >= 15 is 0 Å². The fraction of sp³-hybridized carbons (Fsp3) is 0.143. The van der Waals surface area contributed by atoms with Crippen LogP contribution in [0.5, 0.6) is 5.75 Å². The first-order valence-corrected chi connectivity index (χ1v) is 6.93. The van der Waals surface area contributed by atoms with Crippen LogP contribution in [0, 0.1) is 13.7 Å². The Balaban J connectivity index is 2.09. The van der Waals surface area contributed by atoms with Crippen LogP contribution in [0.2, 0.25) is 0 Å². The monoisotopic (exact) mass is 385 g/mol. The quantitative estimate of drug-likeness (QED) is 0.487. The van der Waals surface area contributed by atoms with Gasteiger partial charge in [-0.2, -0.15) is 0 Å². The first-order valence-electron chi connectivity index (χ1n) is 5.85. The molecule has 104 valence electrons. The molecule has 0 aliphatic heterocycles. The number of nitro groups is 1. The van der Waals surface area contributed by atoms with E-state index in [4.69, 9.17) is 9.84 Å². The molecule has 0 saturated carbocycles. The van der Waals surface area contributed by atoms with Crippen LogP contribution in [0.3, 0.4) is 0 Å². The number of rotatable bonds is 5. The Morgan fingerprint density at radius 2 is 2.00 bits per heavy atom. The molecule has 2 aromatic rings. The SMILES string of the molecule is O=[N+]([O-])c1cccc(COc2ccc(CO)cc2I)c1. The number of hydrogen-bond acceptors (Lipinski definition) is 4. The number of aliphatic hydroxyl groups is 1. The third-order valence-electron chi connectivity index (χ3n) is 2.69. The molecule has 0 bridgehead atoms. The number of nitro benzene ring substituents is 1. The van der Waals surface area contributed by atoms with Crippen molar-refractivity contribution in [2.75, 3.05) is 0 Å². The summed E-state index contributed by atoms with van der Waals surface area (Å²) in [5.74, 6) is 0.689. The van der Waals surface area contributed by atoms with Gasteiger partial charge >= 0.3 is 0 Å². The molecule has 0 saturated heterocycles. The molecule has 0 unspecified atom stereocenters. The zero-order valence-electron chi connectivity index (χ0n) is 10.5. The van der Waals surface area contributed by atoms with Gasteiger partial charge in [0.25, 0.3) is 5.69 Å². The molecule has 0 aliphatic rings. The van der Waals surface area contributed by atoms with Crippen molar-refractivity contribution in [1.82, 2.24) is 0 Å². The molecule has 0 spiro atoms. The fourth-order valence-electron chi connectivity index (χ4n) is 1.68. The number of non-ortho nitro benzene ring substituents is 1. The largest absolute Gasteiger partial charge is 0.488 e. The number of benzene rings is 2. The fourth-order valence-corrected chi connectivity index (χ4v) is 2.42. The molecule has 0 heterocycles. The topological polar surface area (TPSA) is 72.6 Å². The van der Waals surface area contributed by atoms with Gasteiger partial charge in [-0.1, -0.05) is 18.2 Å². The molecular weight excluding hydrogens is 373 g/mol. The van der Waals surface area contributed by atoms with Gasteiger partial charge in [-0.15, -0.1) is 0 Å². The predicted octanol–water partition coefficient (Wildman–Crippen LogP) is 3.27. The molecule has 0 aliphatic carbocycles. The van der Waals surface area contributed by atoms with E-state index < -0.39 is 4.92 Å². The molecule has 0 amide bonds. The summed E-state index contributed by atoms with van der Waals surface area (Å²) in [6.45, 7) is 0.247. The number of aliphatic hydroxyl groups excluding tert-OH is 1. The molecule has 2 aromatic carbocycles. The van der Waals surface area contributed by atoms with Crippen LogP contribution < -0.4 is 4.74 Å². The highest BCUT2D eigenvalue weighted by molar-refractivity contribution is 14.1. The molecule has 0 radical (unpaired) electrons. The number of hydrogen-bond donors (Lipinski definition) is 1. The van der Waals surface area contributed by atoms with Crippen molar-refractivity contribution in [1.29, 1.82) is 0 Å². The van der Waals surface area contributed by atoms with Gasteiger partial charge in [0.1, 0.15) is 12.4 Å². The van der Waals surface area contributed by atoms with Crippen molar-refractivity contribution in [3.05, 3.63) is 67.3 Å². The van der Waals surface area contributed by atoms with Crippen LogP contribution in [-0.2, 0) is 13.2 Å². The highest BCUT2D eigenvalue weighted by Gasteiger charge is 2.07. The van der Waals surface area contributed by atoms with Crippen molar-refractivity contribution >= 4 is 28.3 Å². The van der Waals surface area contributed by atoms with Crippen LogP contribution >= 0.6 is 22.6 Å². The molecule has 0 atom stereocenters. The van der Waals surface area contributed by atoms with Crippen LogP contribution in [0.4, 0.5) is 5.69 Å². The Morgan fingerprint density at radius 3 is 2.65 bits per heavy atom. The van der Waals surface area contributed by atoms with Gasteiger partial charge in [-0.3, -0.25) is 10.1 Å². The summed E-state index contributed by atoms with van der Waals surface area (Å²) < 4.78 is 6.53. The van der Waals surface area contributed by atoms with Gasteiger partial charge in [0, 0.05) is 12.1 Å². The molecule has 0 aromatic heterocycles. The zero-order valence-corrected chi connectivity index (χ0v) is 12.6. The van der Waals surface area contributed by atoms with Gasteiger partial charge in [-0.25, -0.2) is 0 Å². The summed E-state index contributed by atoms with van der Waals surface area (Å²) >= 11 is 2.13. The minimum absolute atomic E-state index is 0.0127. The molecule has 5 nitrogen and oxygen atoms in total. The van der Waals surface area contributed by atoms with Gasteiger partial charge in [-0.05, 0) is 45.9 Å². The zero-order chi connectivity index (χ0) is 14.5. The third kappa shape index (κ3) is 3.67. The summed E-state index contributed by atoms with van der Waals surface area (Å²) in [4.78, 5) is 10.3. The second-order valence-electron chi connectivity index (χ2n) is 4.14. The molecule has 20 heavy (non-hydrogen) atoms. The standard InChI is InChI=1S/C14H12INO4/c15-13-7-10(8-17)4-5-14(13)20-9-11-2-1-3-12(6-11)16(18)19/h1-7,17H,8-9H2. The maximum Gasteiger partial charge on any atom is 0.269 e. The summed E-state index contributed by atoms with van der Waals surface area (Å²) in [5.41, 5.74) is 1.61. The maximum absolute atomic E-state index is 10.7. The Bertz CT molecular complexity index is 630. The van der Waals surface area contributed by atoms with Gasteiger partial charge in [0.2, 0.25) is 0 Å². The van der Waals surface area contributed by atoms with Crippen molar-refractivity contribution in [2.45, 2.75) is 13.2 Å². The lowest BCUT2D eigenvalue weighted by atomic mass is 10.2. The van der Waals surface area contributed by atoms with E-state index in [0.29, 0.717) is 5.75 Å². The van der Waals surface area contributed by atoms with E-state index in [1.807, 2.05) is 6.07 Å². The van der Waals surface area contributed by atoms with E-state index in [1.54, 1.807) is 24.3 Å². The lowest BCUT2D eigenvalue weighted by Crippen LogP contribution is -1.98. The molecule has 1 N–H and O–H groups in total. The summed E-state index contributed by atoms with van der Waals surface area (Å²) in [6.07, 6.45) is 0. The normalized spacial score (nSPS) is 10.3. The number of halogens is 1. The Morgan fingerprint density at radius 1 is 1.20 bits per heavy atom. The van der Waals surface area contributed by atoms with Gasteiger partial charge < -0.3 is 9.84 Å². The summed E-state index contributed by atoms with van der Waals surface area (Å²) in [5, 5.41) is 19.7. The second-order valence-corrected chi connectivity index (χ2v) is 5.30. The van der Waals surface area contributed by atoms with E-state index in [0.717, 1.165) is 14.7 Å². The Labute approximate surface area is 129 Å². The molecule has 0 fully saturated rings. The first kappa shape index (κ1) is 14.7. The molecule has 6 heteroatoms.